The molecule has 0 N–H and O–H groups in total. The van der Waals surface area contributed by atoms with Crippen molar-refractivity contribution < 1.29 is 61.2 Å². The molecule has 1 aromatic carbocycles. The van der Waals surface area contributed by atoms with Crippen LogP contribution in [0.5, 0.6) is 0 Å². The van der Waals surface area contributed by atoms with Gasteiger partial charge >= 0.3 is 40.6 Å². The summed E-state index contributed by atoms with van der Waals surface area (Å²) in [4.78, 5) is 0. The molecule has 0 heterocycles. The van der Waals surface area contributed by atoms with Gasteiger partial charge in [-0.25, -0.2) is 0 Å². The molecule has 0 aliphatic rings. The van der Waals surface area contributed by atoms with Gasteiger partial charge in [-0.15, -0.1) is 0 Å². The third-order valence-electron chi connectivity index (χ3n) is 0.667. The van der Waals surface area contributed by atoms with Gasteiger partial charge in [0.2, 0.25) is 0 Å². The van der Waals surface area contributed by atoms with Gasteiger partial charge in [-0.05, 0) is 0 Å². The predicted octanol–water partition coefficient (Wildman–Crippen LogP) is 5.24. The van der Waals surface area contributed by atoms with Crippen LogP contribution in [0, 0.1) is 0 Å². The zero-order valence-electron chi connectivity index (χ0n) is 10.5. The molecule has 0 aliphatic heterocycles. The van der Waals surface area contributed by atoms with E-state index < -0.39 is 21.8 Å². The van der Waals surface area contributed by atoms with Crippen molar-refractivity contribution in [3.63, 3.8) is 0 Å². The standard InChI is InChI=1S/C6H6.3BF4.2FH.Li.H/c1-2-4-6-5-3-1;3*2-1(3,4)5;;;;/h1-6H;;;;2*1H;;/q;3*-1;;;;. The predicted molar refractivity (Wildman–Crippen MR) is 69.2 cm³/mol. The first-order valence-corrected chi connectivity index (χ1v) is 4.62. The van der Waals surface area contributed by atoms with Crippen molar-refractivity contribution in [2.24, 2.45) is 0 Å². The maximum absolute atomic E-state index is 9.75. The van der Waals surface area contributed by atoms with Crippen LogP contribution >= 0.6 is 0 Å². The molecular weight excluding hydrogens is 377 g/mol. The first-order chi connectivity index (χ1) is 9.00. The average Bonchev–Trinajstić information content (AvgIpc) is 2.12. The van der Waals surface area contributed by atoms with E-state index in [2.05, 4.69) is 0 Å². The van der Waals surface area contributed by atoms with Crippen molar-refractivity contribution in [1.82, 2.24) is 0 Å². The molecule has 0 spiro atoms. The fourth-order valence-electron chi connectivity index (χ4n) is 0.385. The fraction of sp³-hybridized carbons (Fsp3) is 0. The van der Waals surface area contributed by atoms with E-state index in [1.165, 1.54) is 0 Å². The normalized spacial score (nSPS) is 9.50. The van der Waals surface area contributed by atoms with Crippen molar-refractivity contribution in [3.05, 3.63) is 36.4 Å². The Bertz CT molecular complexity index is 251. The van der Waals surface area contributed by atoms with Gasteiger partial charge < -0.3 is 51.8 Å². The number of halogens is 14. The minimum absolute atomic E-state index is 0. The van der Waals surface area contributed by atoms with Gasteiger partial charge in [0, 0.05) is 0 Å². The molecule has 0 atom stereocenters. The van der Waals surface area contributed by atoms with E-state index in [4.69, 9.17) is 0 Å². The Morgan fingerprint density at radius 2 is 0.375 bits per heavy atom. The van der Waals surface area contributed by atoms with Crippen LogP contribution in [0.15, 0.2) is 36.4 Å². The maximum atomic E-state index is 9.75. The third-order valence-corrected chi connectivity index (χ3v) is 0.667. The second kappa shape index (κ2) is 18.4. The van der Waals surface area contributed by atoms with Crippen molar-refractivity contribution in [2.75, 3.05) is 0 Å². The molecule has 18 heteroatoms. The maximum Gasteiger partial charge on any atom is -0.0623 e. The Kier molecular flexibility index (Phi) is 29.5. The van der Waals surface area contributed by atoms with E-state index in [1.54, 1.807) is 0 Å². The molecule has 0 radical (unpaired) electrons. The number of rotatable bonds is 0. The summed E-state index contributed by atoms with van der Waals surface area (Å²) in [5.41, 5.74) is 0. The molecule has 0 unspecified atom stereocenters. The molecule has 0 amide bonds. The van der Waals surface area contributed by atoms with Crippen molar-refractivity contribution in [2.45, 2.75) is 0 Å². The van der Waals surface area contributed by atoms with Crippen LogP contribution in [0.1, 0.15) is 0 Å². The molecule has 0 nitrogen and oxygen atoms in total. The van der Waals surface area contributed by atoms with Gasteiger partial charge in [0.25, 0.3) is 0 Å². The Morgan fingerprint density at radius 1 is 0.333 bits per heavy atom. The molecule has 1 rings (SSSR count). The van der Waals surface area contributed by atoms with E-state index >= 15 is 0 Å². The minimum Gasteiger partial charge on any atom is -0.0623 e. The molecule has 0 saturated heterocycles. The van der Waals surface area contributed by atoms with E-state index in [0.717, 1.165) is 0 Å². The Hall–Kier alpha value is -0.968. The van der Waals surface area contributed by atoms with Crippen LogP contribution in [0.4, 0.5) is 61.2 Å². The summed E-state index contributed by atoms with van der Waals surface area (Å²) in [7, 11) is -18.0. The fourth-order valence-corrected chi connectivity index (χ4v) is 0.385. The zero-order valence-corrected chi connectivity index (χ0v) is 10.5. The van der Waals surface area contributed by atoms with E-state index in [-0.39, 0.29) is 28.3 Å². The smallest absolute Gasteiger partial charge is 0.0623 e. The van der Waals surface area contributed by atoms with E-state index in [0.29, 0.717) is 0 Å². The van der Waals surface area contributed by atoms with Gasteiger partial charge in [0.1, 0.15) is 0 Å². The second-order valence-corrected chi connectivity index (χ2v) is 2.64. The quantitative estimate of drug-likeness (QED) is 0.422. The van der Waals surface area contributed by atoms with Crippen molar-refractivity contribution in [3.8, 4) is 0 Å². The van der Waals surface area contributed by atoms with Gasteiger partial charge in [0.05, 0.1) is 0 Å². The van der Waals surface area contributed by atoms with Gasteiger partial charge in [-0.1, -0.05) is 36.4 Å². The second-order valence-electron chi connectivity index (χ2n) is 2.64. The largest absolute Gasteiger partial charge is 0.0623 e. The first kappa shape index (κ1) is 38.5. The molecule has 0 aromatic heterocycles. The van der Waals surface area contributed by atoms with E-state index in [1.807, 2.05) is 36.4 Å². The number of hydrogen-bond acceptors (Lipinski definition) is 0. The summed E-state index contributed by atoms with van der Waals surface area (Å²) in [5.74, 6) is 0. The van der Waals surface area contributed by atoms with Gasteiger partial charge in [0.15, 0.2) is 0 Å². The Labute approximate surface area is 139 Å². The minimum atomic E-state index is -6.00. The molecule has 144 valence electrons. The summed E-state index contributed by atoms with van der Waals surface area (Å²) in [6.45, 7) is 0. The topological polar surface area (TPSA) is 0 Å². The van der Waals surface area contributed by atoms with Crippen LogP contribution in [-0.2, 0) is 0 Å². The molecule has 0 fully saturated rings. The molecule has 24 heavy (non-hydrogen) atoms. The summed E-state index contributed by atoms with van der Waals surface area (Å²) in [6.07, 6.45) is 0. The zero-order chi connectivity index (χ0) is 17.7. The first-order valence-electron chi connectivity index (χ1n) is 4.62. The van der Waals surface area contributed by atoms with Crippen LogP contribution in [0.2, 0.25) is 0 Å². The third kappa shape index (κ3) is 333. The monoisotopic (exact) mass is 387 g/mol. The van der Waals surface area contributed by atoms with Crippen LogP contribution < -0.4 is 0 Å². The molecule has 0 saturated carbocycles. The molecule has 0 aliphatic carbocycles. The van der Waals surface area contributed by atoms with Gasteiger partial charge in [-0.2, -0.15) is 0 Å². The van der Waals surface area contributed by atoms with Gasteiger partial charge in [-0.3, -0.25) is 9.41 Å². The Morgan fingerprint density at radius 3 is 0.417 bits per heavy atom. The van der Waals surface area contributed by atoms with E-state index in [9.17, 15) is 51.8 Å². The number of benzene rings is 1. The summed E-state index contributed by atoms with van der Waals surface area (Å²) >= 11 is 0. The van der Waals surface area contributed by atoms with Crippen LogP contribution in [-0.4, -0.2) is 40.6 Å². The summed E-state index contributed by atoms with van der Waals surface area (Å²) in [6, 6.07) is 12.0. The molecule has 1 aromatic rings. The van der Waals surface area contributed by atoms with Crippen molar-refractivity contribution in [1.29, 1.82) is 0 Å². The average molecular weight is 386 g/mol. The molecule has 0 bridgehead atoms. The van der Waals surface area contributed by atoms with Crippen LogP contribution in [0.3, 0.4) is 0 Å². The Balaban J connectivity index is -0.0000000434. The summed E-state index contributed by atoms with van der Waals surface area (Å²) < 4.78 is 117. The molecular formula is C6H9B3F14Li-3. The van der Waals surface area contributed by atoms with Crippen LogP contribution in [0.25, 0.3) is 0 Å². The SMILES string of the molecule is F.F.F[B-](F)(F)F.F[B-](F)(F)F.F[B-](F)(F)F.[LiH].c1ccccc1. The number of hydrogen-bond donors (Lipinski definition) is 0. The van der Waals surface area contributed by atoms with Crippen molar-refractivity contribution >= 4 is 40.6 Å². The summed E-state index contributed by atoms with van der Waals surface area (Å²) in [5, 5.41) is 0.